The molecule has 0 aliphatic heterocycles. The van der Waals surface area contributed by atoms with E-state index in [2.05, 4.69) is 4.99 Å². The quantitative estimate of drug-likeness (QED) is 0.413. The van der Waals surface area contributed by atoms with Crippen molar-refractivity contribution < 1.29 is 19.7 Å². The van der Waals surface area contributed by atoms with E-state index in [1.54, 1.807) is 0 Å². The Kier molecular flexibility index (Phi) is 5.67. The molecule has 3 N–H and O–H groups in total. The molecule has 0 fully saturated rings. The standard InChI is InChI=1S/C13H14NO5.Po.H/c1-13(18,5-6-15)4-3-9-7-10(16)12(17)19-11(9)8-14-2;;/h3-6,8,15-16,18H,1-2H3;;/b4-3-,6-5+,14-8?;;. The molecule has 1 aromatic heterocycles. The van der Waals surface area contributed by atoms with E-state index in [1.165, 1.54) is 38.4 Å². The summed E-state index contributed by atoms with van der Waals surface area (Å²) in [7, 11) is 1.52. The first-order valence-corrected chi connectivity index (χ1v) is 7.31. The molecular formula is C13H15NO5Po. The van der Waals surface area contributed by atoms with Gasteiger partial charge in [0, 0.05) is 0 Å². The molecule has 0 spiro atoms. The zero-order valence-corrected chi connectivity index (χ0v) is 14.4. The summed E-state index contributed by atoms with van der Waals surface area (Å²) in [5.41, 5.74) is -1.73. The summed E-state index contributed by atoms with van der Waals surface area (Å²) in [6, 6.07) is 0. The molecular weight excluding hydrogens is 459 g/mol. The number of hydrogen-bond acceptors (Lipinski definition) is 6. The van der Waals surface area contributed by atoms with Gasteiger partial charge in [0.05, 0.1) is 0 Å². The number of aliphatic hydroxyl groups is 2. The second-order valence-corrected chi connectivity index (χ2v) is 5.87. The van der Waals surface area contributed by atoms with Crippen molar-refractivity contribution in [1.29, 1.82) is 0 Å². The average Bonchev–Trinajstić information content (AvgIpc) is 2.36. The summed E-state index contributed by atoms with van der Waals surface area (Å²) in [5.74, 6) is -0.239. The van der Waals surface area contributed by atoms with Gasteiger partial charge in [-0.15, -0.1) is 0 Å². The van der Waals surface area contributed by atoms with Crippen LogP contribution in [0.3, 0.4) is 0 Å². The summed E-state index contributed by atoms with van der Waals surface area (Å²) >= 11 is 0.641. The van der Waals surface area contributed by atoms with Gasteiger partial charge < -0.3 is 0 Å². The molecule has 0 aromatic carbocycles. The van der Waals surface area contributed by atoms with Gasteiger partial charge >= 0.3 is 131 Å². The van der Waals surface area contributed by atoms with Crippen molar-refractivity contribution in [2.24, 2.45) is 4.99 Å². The fourth-order valence-corrected chi connectivity index (χ4v) is 2.45. The Morgan fingerprint density at radius 1 is 1.40 bits per heavy atom. The number of aromatic hydroxyl groups is 1. The molecule has 0 amide bonds. The fourth-order valence-electron chi connectivity index (χ4n) is 1.38. The Hall–Kier alpha value is -1.44. The van der Waals surface area contributed by atoms with Gasteiger partial charge in [-0.2, -0.15) is 0 Å². The molecule has 1 heterocycles. The van der Waals surface area contributed by atoms with Crippen LogP contribution in [-0.2, 0) is 0 Å². The predicted molar refractivity (Wildman–Crippen MR) is 78.4 cm³/mol. The molecule has 0 radical (unpaired) electrons. The van der Waals surface area contributed by atoms with Crippen LogP contribution in [0.4, 0.5) is 0 Å². The average molecular weight is 474 g/mol. The van der Waals surface area contributed by atoms with Gasteiger partial charge in [0.2, 0.25) is 0 Å². The van der Waals surface area contributed by atoms with Crippen molar-refractivity contribution >= 4 is 40.6 Å². The minimum atomic E-state index is -1.37. The second kappa shape index (κ2) is 6.82. The first-order chi connectivity index (χ1) is 9.32. The number of aliphatic hydroxyl groups excluding tert-OH is 1. The van der Waals surface area contributed by atoms with Crippen molar-refractivity contribution in [2.75, 3.05) is 7.05 Å². The van der Waals surface area contributed by atoms with Crippen molar-refractivity contribution in [3.63, 3.8) is 0 Å². The zero-order chi connectivity index (χ0) is 15.3. The summed E-state index contributed by atoms with van der Waals surface area (Å²) in [6.07, 6.45) is 6.18. The van der Waals surface area contributed by atoms with E-state index in [0.29, 0.717) is 33.9 Å². The van der Waals surface area contributed by atoms with Crippen molar-refractivity contribution in [2.45, 2.75) is 12.5 Å². The van der Waals surface area contributed by atoms with Crippen LogP contribution in [0, 0.1) is 0 Å². The maximum absolute atomic E-state index is 11.4. The van der Waals surface area contributed by atoms with Gasteiger partial charge in [-0.3, -0.25) is 0 Å². The first kappa shape index (κ1) is 16.6. The van der Waals surface area contributed by atoms with Gasteiger partial charge in [-0.25, -0.2) is 0 Å². The molecule has 0 bridgehead atoms. The van der Waals surface area contributed by atoms with Crippen LogP contribution in [0.25, 0.3) is 6.08 Å². The third-order valence-electron chi connectivity index (χ3n) is 2.39. The predicted octanol–water partition coefficient (Wildman–Crippen LogP) is -0.244. The van der Waals surface area contributed by atoms with Crippen molar-refractivity contribution in [3.8, 4) is 5.75 Å². The second-order valence-electron chi connectivity index (χ2n) is 4.13. The Bertz CT molecular complexity index is 628. The van der Waals surface area contributed by atoms with Crippen LogP contribution in [0.1, 0.15) is 18.2 Å². The number of hydrogen-bond donors (Lipinski definition) is 3. The van der Waals surface area contributed by atoms with Gasteiger partial charge in [-0.05, 0) is 0 Å². The van der Waals surface area contributed by atoms with E-state index in [-0.39, 0.29) is 5.76 Å². The van der Waals surface area contributed by atoms with Crippen LogP contribution in [-0.4, -0.2) is 59.2 Å². The summed E-state index contributed by atoms with van der Waals surface area (Å²) in [6.45, 7) is 1.47. The summed E-state index contributed by atoms with van der Waals surface area (Å²) < 4.78 is 5.38. The number of nitrogens with zero attached hydrogens (tertiary/aromatic N) is 1. The van der Waals surface area contributed by atoms with Gasteiger partial charge in [-0.1, -0.05) is 0 Å². The summed E-state index contributed by atoms with van der Waals surface area (Å²) in [5, 5.41) is 28.2. The molecule has 0 saturated heterocycles. The normalized spacial score (nSPS) is 15.4. The molecule has 0 aliphatic carbocycles. The van der Waals surface area contributed by atoms with Crippen LogP contribution in [0.15, 0.2) is 32.6 Å². The monoisotopic (exact) mass is 474 g/mol. The number of rotatable bonds is 4. The van der Waals surface area contributed by atoms with Crippen LogP contribution >= 0.6 is 0 Å². The molecule has 0 saturated carbocycles. The fraction of sp³-hybridized carbons (Fsp3) is 0.231. The third-order valence-corrected chi connectivity index (χ3v) is 4.15. The molecule has 1 unspecified atom stereocenters. The molecule has 0 aliphatic rings. The van der Waals surface area contributed by atoms with Gasteiger partial charge in [0.25, 0.3) is 0 Å². The van der Waals surface area contributed by atoms with E-state index in [0.717, 1.165) is 6.26 Å². The number of aliphatic imine (C=N–C) groups is 1. The zero-order valence-electron chi connectivity index (χ0n) is 10.9. The summed E-state index contributed by atoms with van der Waals surface area (Å²) in [4.78, 5) is 15.2. The Morgan fingerprint density at radius 2 is 2.05 bits per heavy atom. The first-order valence-electron chi connectivity index (χ1n) is 5.57. The minimum absolute atomic E-state index is 0.202. The molecule has 108 valence electrons. The Morgan fingerprint density at radius 3 is 2.60 bits per heavy atom. The SMILES string of the molecule is CN=Cc1oc(=O)c(O)[c]([PoH])c1/C=C\C(C)(O)/C=C/O. The van der Waals surface area contributed by atoms with E-state index < -0.39 is 17.0 Å². The van der Waals surface area contributed by atoms with E-state index in [9.17, 15) is 15.0 Å². The van der Waals surface area contributed by atoms with E-state index in [1.807, 2.05) is 0 Å². The van der Waals surface area contributed by atoms with Crippen molar-refractivity contribution in [1.82, 2.24) is 0 Å². The molecule has 1 aromatic rings. The maximum atomic E-state index is 11.4. The third kappa shape index (κ3) is 4.02. The van der Waals surface area contributed by atoms with Crippen LogP contribution in [0.2, 0.25) is 0 Å². The van der Waals surface area contributed by atoms with Gasteiger partial charge in [0.1, 0.15) is 0 Å². The Labute approximate surface area is 130 Å². The molecule has 1 rings (SSSR count). The molecule has 7 heteroatoms. The van der Waals surface area contributed by atoms with Crippen molar-refractivity contribution in [3.05, 3.63) is 40.2 Å². The molecule has 20 heavy (non-hydrogen) atoms. The van der Waals surface area contributed by atoms with E-state index in [4.69, 9.17) is 9.52 Å². The topological polar surface area (TPSA) is 103 Å². The van der Waals surface area contributed by atoms with Crippen LogP contribution in [0.5, 0.6) is 5.75 Å². The molecule has 1 atom stereocenters. The van der Waals surface area contributed by atoms with Gasteiger partial charge in [0.15, 0.2) is 0 Å². The van der Waals surface area contributed by atoms with E-state index >= 15 is 0 Å². The Balaban J connectivity index is 3.40. The molecule has 6 nitrogen and oxygen atoms in total. The van der Waals surface area contributed by atoms with Crippen LogP contribution < -0.4 is 8.85 Å².